The Kier molecular flexibility index (Phi) is 10.6. The number of ketones is 2. The number of Topliss-reactive ketones (excluding diaryl/α,β-unsaturated/α-hetero) is 2. The van der Waals surface area contributed by atoms with Gasteiger partial charge in [-0.1, -0.05) is 45.2 Å². The van der Waals surface area contributed by atoms with Gasteiger partial charge in [-0.3, -0.25) is 9.59 Å². The van der Waals surface area contributed by atoms with E-state index in [1.807, 2.05) is 37.3 Å². The normalized spacial score (nSPS) is 31.3. The van der Waals surface area contributed by atoms with Crippen LogP contribution in [0.1, 0.15) is 61.4 Å². The number of carbonyl (C=O) groups is 3. The van der Waals surface area contributed by atoms with Crippen molar-refractivity contribution in [1.29, 1.82) is 0 Å². The van der Waals surface area contributed by atoms with Crippen LogP contribution in [0.5, 0.6) is 0 Å². The molecule has 4 aliphatic heterocycles. The van der Waals surface area contributed by atoms with E-state index in [2.05, 4.69) is 12.2 Å². The van der Waals surface area contributed by atoms with Crippen LogP contribution in [0.2, 0.25) is 0 Å². The zero-order valence-electron chi connectivity index (χ0n) is 20.2. The number of carbonyl (C=O) groups excluding carboxylic acids is 3. The minimum Gasteiger partial charge on any atom is -0.445 e. The molecule has 1 N–H and O–H groups in total. The Hall–Kier alpha value is -2.29. The van der Waals surface area contributed by atoms with Gasteiger partial charge in [-0.15, -0.1) is 0 Å². The molecular weight excluding hydrogens is 460 g/mol. The molecule has 4 fully saturated rings. The Labute approximate surface area is 217 Å². The monoisotopic (exact) mass is 506 g/mol. The first-order valence-corrected chi connectivity index (χ1v) is 12.2. The Morgan fingerprint density at radius 1 is 1.03 bits per heavy atom. The summed E-state index contributed by atoms with van der Waals surface area (Å²) in [5, 5.41) is 3.30. The van der Waals surface area contributed by atoms with Crippen LogP contribution in [0.3, 0.4) is 0 Å². The summed E-state index contributed by atoms with van der Waals surface area (Å²) < 4.78 is 16.7. The summed E-state index contributed by atoms with van der Waals surface area (Å²) in [6.45, 7) is 7.85. The molecule has 4 heterocycles. The van der Waals surface area contributed by atoms with E-state index in [9.17, 15) is 14.4 Å². The van der Waals surface area contributed by atoms with Gasteiger partial charge >= 0.3 is 6.09 Å². The predicted octanol–water partition coefficient (Wildman–Crippen LogP) is 4.26. The number of rotatable bonds is 2. The lowest BCUT2D eigenvalue weighted by molar-refractivity contribution is -0.162. The molecule has 0 unspecified atom stereocenters. The Balaban J connectivity index is 0.000000392. The summed E-state index contributed by atoms with van der Waals surface area (Å²) in [6.07, 6.45) is 2.82. The number of likely N-dealkylation sites (tertiary alicyclic amines) is 1. The van der Waals surface area contributed by atoms with E-state index in [-0.39, 0.29) is 58.7 Å². The van der Waals surface area contributed by atoms with Crippen molar-refractivity contribution in [2.24, 2.45) is 11.8 Å². The van der Waals surface area contributed by atoms with E-state index in [0.717, 1.165) is 37.9 Å². The van der Waals surface area contributed by atoms with Crippen LogP contribution in [0.25, 0.3) is 0 Å². The number of nitrogens with zero attached hydrogens (tertiary/aromatic N) is 1. The standard InChI is InChI=1S/C17H21NO4.C9H15NO2.2CH4.H2/c1-17-12-18(8-7-14(17)9-15(19)11-22-17)16(20)21-10-13-5-3-2-4-6-13;1-9-6-10-3-2-7(9)4-8(11)5-12-9;;;/h2-6,14H,7-12H2,1H3;7,10H,2-6H2,1H3;2*1H4;1H/t14-,17+;7-,9+;;;/m00.../s1. The molecule has 0 spiro atoms. The van der Waals surface area contributed by atoms with Crippen LogP contribution >= 0.6 is 0 Å². The highest BCUT2D eigenvalue weighted by Crippen LogP contribution is 2.37. The van der Waals surface area contributed by atoms with Gasteiger partial charge in [-0.25, -0.2) is 4.79 Å². The van der Waals surface area contributed by atoms with Gasteiger partial charge in [0.15, 0.2) is 11.6 Å². The van der Waals surface area contributed by atoms with Crippen LogP contribution in [-0.2, 0) is 30.4 Å². The average molecular weight is 507 g/mol. The number of piperidine rings is 2. The number of amides is 1. The third-order valence-electron chi connectivity index (χ3n) is 7.66. The van der Waals surface area contributed by atoms with Gasteiger partial charge in [-0.05, 0) is 50.6 Å². The van der Waals surface area contributed by atoms with Crippen molar-refractivity contribution >= 4 is 17.7 Å². The third-order valence-corrected chi connectivity index (χ3v) is 7.66. The van der Waals surface area contributed by atoms with Gasteiger partial charge in [0.25, 0.3) is 0 Å². The lowest BCUT2D eigenvalue weighted by atomic mass is 9.77. The molecule has 1 aromatic carbocycles. The lowest BCUT2D eigenvalue weighted by Crippen LogP contribution is -2.58. The molecular formula is C28H46N2O6. The van der Waals surface area contributed by atoms with Crippen LogP contribution in [-0.4, -0.2) is 73.2 Å². The van der Waals surface area contributed by atoms with E-state index in [4.69, 9.17) is 14.2 Å². The zero-order chi connectivity index (χ0) is 24.2. The van der Waals surface area contributed by atoms with Gasteiger partial charge in [0.05, 0.1) is 17.7 Å². The number of ether oxygens (including phenoxy) is 3. The van der Waals surface area contributed by atoms with Crippen molar-refractivity contribution in [2.45, 2.75) is 72.2 Å². The Morgan fingerprint density at radius 3 is 2.31 bits per heavy atom. The maximum absolute atomic E-state index is 12.2. The summed E-state index contributed by atoms with van der Waals surface area (Å²) in [4.78, 5) is 36.5. The SMILES string of the molecule is C.C.C[C@@]12CN(C(=O)OCc3ccccc3)CC[C@H]1CC(=O)CO2.C[C@@]12CNCC[C@H]1CC(=O)CO2.[HH]. The number of benzene rings is 1. The molecule has 0 radical (unpaired) electrons. The fourth-order valence-electron chi connectivity index (χ4n) is 5.36. The fraction of sp³-hybridized carbons (Fsp3) is 0.679. The molecule has 5 rings (SSSR count). The van der Waals surface area contributed by atoms with E-state index in [1.165, 1.54) is 0 Å². The first kappa shape index (κ1) is 29.9. The van der Waals surface area contributed by atoms with E-state index in [1.54, 1.807) is 4.90 Å². The third kappa shape index (κ3) is 7.14. The van der Waals surface area contributed by atoms with Crippen molar-refractivity contribution < 1.29 is 30.0 Å². The second-order valence-corrected chi connectivity index (χ2v) is 10.3. The maximum Gasteiger partial charge on any atom is 0.410 e. The molecule has 1 aromatic rings. The Morgan fingerprint density at radius 2 is 1.64 bits per heavy atom. The van der Waals surface area contributed by atoms with Crippen LogP contribution < -0.4 is 5.32 Å². The second-order valence-electron chi connectivity index (χ2n) is 10.3. The molecule has 4 saturated heterocycles. The molecule has 204 valence electrons. The highest BCUT2D eigenvalue weighted by molar-refractivity contribution is 5.81. The van der Waals surface area contributed by atoms with Gasteiger partial charge < -0.3 is 24.4 Å². The van der Waals surface area contributed by atoms with Crippen LogP contribution in [0.4, 0.5) is 4.79 Å². The highest BCUT2D eigenvalue weighted by Gasteiger charge is 2.46. The smallest absolute Gasteiger partial charge is 0.410 e. The van der Waals surface area contributed by atoms with Crippen LogP contribution in [0.15, 0.2) is 30.3 Å². The van der Waals surface area contributed by atoms with Crippen molar-refractivity contribution in [1.82, 2.24) is 10.2 Å². The number of hydrogen-bond acceptors (Lipinski definition) is 7. The summed E-state index contributed by atoms with van der Waals surface area (Å²) in [5.74, 6) is 1.06. The molecule has 0 saturated carbocycles. The van der Waals surface area contributed by atoms with Crippen LogP contribution in [0, 0.1) is 11.8 Å². The van der Waals surface area contributed by atoms with Gasteiger partial charge in [0.2, 0.25) is 0 Å². The summed E-state index contributed by atoms with van der Waals surface area (Å²) in [5.41, 5.74) is 0.459. The number of hydrogen-bond donors (Lipinski definition) is 1. The number of nitrogens with one attached hydrogen (secondary N) is 1. The summed E-state index contributed by atoms with van der Waals surface area (Å²) >= 11 is 0. The van der Waals surface area contributed by atoms with Gasteiger partial charge in [-0.2, -0.15) is 0 Å². The predicted molar refractivity (Wildman–Crippen MR) is 141 cm³/mol. The topological polar surface area (TPSA) is 94.2 Å². The summed E-state index contributed by atoms with van der Waals surface area (Å²) in [7, 11) is 0. The van der Waals surface area contributed by atoms with Crippen molar-refractivity contribution in [3.05, 3.63) is 35.9 Å². The fourth-order valence-corrected chi connectivity index (χ4v) is 5.36. The molecule has 8 heteroatoms. The van der Waals surface area contributed by atoms with E-state index in [0.29, 0.717) is 32.0 Å². The minimum atomic E-state index is -0.433. The van der Waals surface area contributed by atoms with E-state index < -0.39 is 5.60 Å². The first-order chi connectivity index (χ1) is 16.3. The molecule has 4 aliphatic rings. The minimum absolute atomic E-state index is 0. The average Bonchev–Trinajstić information content (AvgIpc) is 2.84. The van der Waals surface area contributed by atoms with Gasteiger partial charge in [0.1, 0.15) is 19.8 Å². The molecule has 36 heavy (non-hydrogen) atoms. The van der Waals surface area contributed by atoms with Gasteiger partial charge in [0, 0.05) is 27.4 Å². The Bertz CT molecular complexity index is 900. The molecule has 0 bridgehead atoms. The maximum atomic E-state index is 12.2. The first-order valence-electron chi connectivity index (χ1n) is 12.2. The largest absolute Gasteiger partial charge is 0.445 e. The zero-order valence-corrected chi connectivity index (χ0v) is 20.2. The molecule has 4 atom stereocenters. The summed E-state index contributed by atoms with van der Waals surface area (Å²) in [6, 6.07) is 9.62. The van der Waals surface area contributed by atoms with Crippen molar-refractivity contribution in [3.8, 4) is 0 Å². The molecule has 8 nitrogen and oxygen atoms in total. The van der Waals surface area contributed by atoms with Crippen molar-refractivity contribution in [2.75, 3.05) is 39.4 Å². The molecule has 1 amide bonds. The second kappa shape index (κ2) is 12.8. The van der Waals surface area contributed by atoms with E-state index >= 15 is 0 Å². The lowest BCUT2D eigenvalue weighted by Gasteiger charge is -2.47. The number of fused-ring (bicyclic) bond motifs is 2. The molecule has 0 aromatic heterocycles. The molecule has 0 aliphatic carbocycles. The van der Waals surface area contributed by atoms with Crippen molar-refractivity contribution in [3.63, 3.8) is 0 Å². The highest BCUT2D eigenvalue weighted by atomic mass is 16.6. The quantitative estimate of drug-likeness (QED) is 0.641.